The lowest BCUT2D eigenvalue weighted by Crippen LogP contribution is -2.38. The zero-order valence-electron chi connectivity index (χ0n) is 13.0. The maximum Gasteiger partial charge on any atom is 0.387 e. The van der Waals surface area contributed by atoms with Crippen LogP contribution in [0.5, 0.6) is 5.75 Å². The van der Waals surface area contributed by atoms with Crippen LogP contribution in [0.1, 0.15) is 30.9 Å². The summed E-state index contributed by atoms with van der Waals surface area (Å²) >= 11 is 0. The van der Waals surface area contributed by atoms with Gasteiger partial charge in [0, 0.05) is 18.7 Å². The molecule has 0 spiro atoms. The highest BCUT2D eigenvalue weighted by Crippen LogP contribution is 2.27. The highest BCUT2D eigenvalue weighted by Gasteiger charge is 2.21. The summed E-state index contributed by atoms with van der Waals surface area (Å²) in [5, 5.41) is 6.44. The molecule has 0 amide bonds. The maximum absolute atomic E-state index is 12.5. The predicted molar refractivity (Wildman–Crippen MR) is 83.4 cm³/mol. The third-order valence-electron chi connectivity index (χ3n) is 3.44. The minimum Gasteiger partial charge on any atom is -0.434 e. The van der Waals surface area contributed by atoms with E-state index >= 15 is 0 Å². The van der Waals surface area contributed by atoms with Crippen molar-refractivity contribution in [1.82, 2.24) is 10.6 Å². The summed E-state index contributed by atoms with van der Waals surface area (Å²) in [6, 6.07) is 5.14. The molecule has 0 atom stereocenters. The summed E-state index contributed by atoms with van der Waals surface area (Å²) in [5.41, 5.74) is 1.65. The summed E-state index contributed by atoms with van der Waals surface area (Å²) in [6.45, 7) is 3.03. The fourth-order valence-corrected chi connectivity index (χ4v) is 2.11. The molecule has 6 heteroatoms. The Kier molecular flexibility index (Phi) is 5.98. The van der Waals surface area contributed by atoms with Crippen LogP contribution in [0.25, 0.3) is 0 Å². The lowest BCUT2D eigenvalue weighted by atomic mass is 10.1. The number of alkyl halides is 2. The van der Waals surface area contributed by atoms with Crippen molar-refractivity contribution >= 4 is 5.96 Å². The molecule has 1 saturated carbocycles. The van der Waals surface area contributed by atoms with Crippen molar-refractivity contribution in [2.75, 3.05) is 13.1 Å². The third kappa shape index (κ3) is 5.50. The van der Waals surface area contributed by atoms with Crippen LogP contribution in [0.15, 0.2) is 23.2 Å². The number of guanidine groups is 1. The van der Waals surface area contributed by atoms with Gasteiger partial charge in [0.2, 0.25) is 0 Å². The fourth-order valence-electron chi connectivity index (χ4n) is 2.11. The molecule has 1 aliphatic carbocycles. The number of nitrogens with zero attached hydrogens (tertiary/aromatic N) is 1. The Balaban J connectivity index is 2.04. The number of hydrogen-bond acceptors (Lipinski definition) is 2. The van der Waals surface area contributed by atoms with E-state index in [0.29, 0.717) is 18.1 Å². The first-order chi connectivity index (χ1) is 10.6. The molecule has 0 unspecified atom stereocenters. The number of ether oxygens (including phenoxy) is 1. The molecule has 0 radical (unpaired) electrons. The zero-order valence-corrected chi connectivity index (χ0v) is 13.0. The molecule has 0 saturated heterocycles. The molecular formula is C16H23F2N3O. The van der Waals surface area contributed by atoms with Gasteiger partial charge in [-0.15, -0.1) is 0 Å². The Morgan fingerprint density at radius 1 is 1.36 bits per heavy atom. The van der Waals surface area contributed by atoms with E-state index in [9.17, 15) is 8.78 Å². The Bertz CT molecular complexity index is 516. The van der Waals surface area contributed by atoms with Gasteiger partial charge in [-0.05, 0) is 38.7 Å². The smallest absolute Gasteiger partial charge is 0.387 e. The van der Waals surface area contributed by atoms with Gasteiger partial charge in [0.15, 0.2) is 5.96 Å². The topological polar surface area (TPSA) is 45.7 Å². The molecule has 0 heterocycles. The van der Waals surface area contributed by atoms with Gasteiger partial charge in [-0.1, -0.05) is 17.7 Å². The van der Waals surface area contributed by atoms with Gasteiger partial charge in [0.1, 0.15) is 5.75 Å². The molecule has 22 heavy (non-hydrogen) atoms. The van der Waals surface area contributed by atoms with Gasteiger partial charge < -0.3 is 15.4 Å². The first-order valence-electron chi connectivity index (χ1n) is 7.65. The zero-order chi connectivity index (χ0) is 15.9. The van der Waals surface area contributed by atoms with Crippen LogP contribution < -0.4 is 15.4 Å². The molecule has 0 bridgehead atoms. The molecule has 122 valence electrons. The maximum atomic E-state index is 12.5. The molecule has 1 aromatic rings. The van der Waals surface area contributed by atoms with E-state index < -0.39 is 6.61 Å². The lowest BCUT2D eigenvalue weighted by Gasteiger charge is -2.13. The van der Waals surface area contributed by atoms with Crippen LogP contribution in [0.3, 0.4) is 0 Å². The van der Waals surface area contributed by atoms with E-state index in [-0.39, 0.29) is 5.75 Å². The molecule has 1 aromatic carbocycles. The molecule has 2 rings (SSSR count). The number of aliphatic imine (C=N–C) groups is 1. The minimum absolute atomic E-state index is 0.183. The first kappa shape index (κ1) is 16.5. The van der Waals surface area contributed by atoms with Gasteiger partial charge in [-0.3, -0.25) is 0 Å². The summed E-state index contributed by atoms with van der Waals surface area (Å²) < 4.78 is 29.5. The normalized spacial score (nSPS) is 15.0. The lowest BCUT2D eigenvalue weighted by molar-refractivity contribution is -0.0504. The predicted octanol–water partition coefficient (Wildman–Crippen LogP) is 3.06. The van der Waals surface area contributed by atoms with Crippen molar-refractivity contribution in [2.24, 2.45) is 10.9 Å². The summed E-state index contributed by atoms with van der Waals surface area (Å²) in [7, 11) is 0. The van der Waals surface area contributed by atoms with Crippen molar-refractivity contribution in [3.8, 4) is 5.75 Å². The Hall–Kier alpha value is -1.85. The largest absolute Gasteiger partial charge is 0.434 e. The van der Waals surface area contributed by atoms with Crippen molar-refractivity contribution < 1.29 is 13.5 Å². The molecule has 0 aliphatic heterocycles. The van der Waals surface area contributed by atoms with E-state index in [2.05, 4.69) is 20.4 Å². The first-order valence-corrected chi connectivity index (χ1v) is 7.65. The second kappa shape index (κ2) is 7.96. The van der Waals surface area contributed by atoms with Crippen LogP contribution >= 0.6 is 0 Å². The molecule has 1 fully saturated rings. The second-order valence-electron chi connectivity index (χ2n) is 5.51. The van der Waals surface area contributed by atoms with Crippen LogP contribution in [0.4, 0.5) is 8.78 Å². The molecule has 1 aliphatic rings. The molecule has 0 aromatic heterocycles. The quantitative estimate of drug-likeness (QED) is 0.601. The molecule has 4 nitrogen and oxygen atoms in total. The summed E-state index contributed by atoms with van der Waals surface area (Å²) in [6.07, 6.45) is 2.52. The minimum atomic E-state index is -2.83. The van der Waals surface area contributed by atoms with Crippen molar-refractivity contribution in [3.05, 3.63) is 29.3 Å². The average Bonchev–Trinajstić information content (AvgIpc) is 3.28. The number of rotatable bonds is 7. The highest BCUT2D eigenvalue weighted by molar-refractivity contribution is 5.79. The van der Waals surface area contributed by atoms with Gasteiger partial charge >= 0.3 is 6.61 Å². The third-order valence-corrected chi connectivity index (χ3v) is 3.44. The summed E-state index contributed by atoms with van der Waals surface area (Å²) in [4.78, 5) is 4.46. The Morgan fingerprint density at radius 3 is 2.77 bits per heavy atom. The van der Waals surface area contributed by atoms with Gasteiger partial charge in [-0.25, -0.2) is 4.99 Å². The van der Waals surface area contributed by atoms with E-state index in [4.69, 9.17) is 0 Å². The van der Waals surface area contributed by atoms with Gasteiger partial charge in [0.25, 0.3) is 0 Å². The molecule has 2 N–H and O–H groups in total. The van der Waals surface area contributed by atoms with E-state index in [0.717, 1.165) is 24.6 Å². The number of halogens is 2. The van der Waals surface area contributed by atoms with Crippen LogP contribution in [0, 0.1) is 12.8 Å². The number of nitrogens with one attached hydrogen (secondary N) is 2. The monoisotopic (exact) mass is 311 g/mol. The SMILES string of the molecule is CCNC(=NCc1cc(C)ccc1OC(F)F)NCC1CC1. The highest BCUT2D eigenvalue weighted by atomic mass is 19.3. The standard InChI is InChI=1S/C16H23F2N3O/c1-3-19-16(20-9-12-5-6-12)21-10-13-8-11(2)4-7-14(13)22-15(17)18/h4,7-8,12,15H,3,5-6,9-10H2,1-2H3,(H2,19,20,21). The van der Waals surface area contributed by atoms with Crippen molar-refractivity contribution in [2.45, 2.75) is 39.8 Å². The number of benzene rings is 1. The molecular weight excluding hydrogens is 288 g/mol. The van der Waals surface area contributed by atoms with Gasteiger partial charge in [-0.2, -0.15) is 8.78 Å². The second-order valence-corrected chi connectivity index (χ2v) is 5.51. The summed E-state index contributed by atoms with van der Waals surface area (Å²) in [5.74, 6) is 1.63. The van der Waals surface area contributed by atoms with Crippen LogP contribution in [-0.4, -0.2) is 25.7 Å². The Labute approximate surface area is 130 Å². The van der Waals surface area contributed by atoms with Crippen molar-refractivity contribution in [1.29, 1.82) is 0 Å². The van der Waals surface area contributed by atoms with E-state index in [1.54, 1.807) is 12.1 Å². The van der Waals surface area contributed by atoms with E-state index in [1.165, 1.54) is 12.8 Å². The van der Waals surface area contributed by atoms with Crippen LogP contribution in [0.2, 0.25) is 0 Å². The fraction of sp³-hybridized carbons (Fsp3) is 0.562. The Morgan fingerprint density at radius 2 is 2.14 bits per heavy atom. The van der Waals surface area contributed by atoms with Crippen LogP contribution in [-0.2, 0) is 6.54 Å². The average molecular weight is 311 g/mol. The number of hydrogen-bond donors (Lipinski definition) is 2. The number of aryl methyl sites for hydroxylation is 1. The van der Waals surface area contributed by atoms with E-state index in [1.807, 2.05) is 19.9 Å². The van der Waals surface area contributed by atoms with Crippen molar-refractivity contribution in [3.63, 3.8) is 0 Å². The van der Waals surface area contributed by atoms with Gasteiger partial charge in [0.05, 0.1) is 6.54 Å².